The van der Waals surface area contributed by atoms with Crippen LogP contribution in [0.3, 0.4) is 0 Å². The SMILES string of the molecule is CCc1ccc(C(CN)N2CCC(N3CCCCC3)C2)o1. The topological polar surface area (TPSA) is 45.6 Å². The number of piperidine rings is 1. The molecule has 4 nitrogen and oxygen atoms in total. The monoisotopic (exact) mass is 291 g/mol. The Kier molecular flexibility index (Phi) is 4.99. The maximum absolute atomic E-state index is 6.04. The number of hydrogen-bond donors (Lipinski definition) is 1. The van der Waals surface area contributed by atoms with Crippen molar-refractivity contribution in [1.29, 1.82) is 0 Å². The molecule has 2 aliphatic rings. The summed E-state index contributed by atoms with van der Waals surface area (Å²) in [5, 5.41) is 0. The number of furan rings is 1. The van der Waals surface area contributed by atoms with E-state index in [9.17, 15) is 0 Å². The molecule has 3 heterocycles. The third-order valence-electron chi connectivity index (χ3n) is 5.13. The van der Waals surface area contributed by atoms with Crippen molar-refractivity contribution in [3.63, 3.8) is 0 Å². The minimum atomic E-state index is 0.250. The summed E-state index contributed by atoms with van der Waals surface area (Å²) in [7, 11) is 0. The van der Waals surface area contributed by atoms with Crippen LogP contribution in [-0.2, 0) is 6.42 Å². The van der Waals surface area contributed by atoms with E-state index in [0.717, 1.165) is 37.1 Å². The third kappa shape index (κ3) is 3.33. The minimum Gasteiger partial charge on any atom is -0.464 e. The Morgan fingerprint density at radius 1 is 1.24 bits per heavy atom. The predicted molar refractivity (Wildman–Crippen MR) is 85.3 cm³/mol. The Bertz CT molecular complexity index is 439. The molecule has 118 valence electrons. The second-order valence-corrected chi connectivity index (χ2v) is 6.44. The van der Waals surface area contributed by atoms with E-state index in [4.69, 9.17) is 10.2 Å². The molecule has 0 bridgehead atoms. The van der Waals surface area contributed by atoms with Crippen molar-refractivity contribution in [3.8, 4) is 0 Å². The van der Waals surface area contributed by atoms with Crippen LogP contribution in [0.1, 0.15) is 50.2 Å². The van der Waals surface area contributed by atoms with E-state index in [0.29, 0.717) is 6.54 Å². The van der Waals surface area contributed by atoms with Crippen LogP contribution in [0.5, 0.6) is 0 Å². The molecular weight excluding hydrogens is 262 g/mol. The second-order valence-electron chi connectivity index (χ2n) is 6.44. The fourth-order valence-electron chi connectivity index (χ4n) is 3.84. The summed E-state index contributed by atoms with van der Waals surface area (Å²) in [6.45, 7) is 7.62. The van der Waals surface area contributed by atoms with E-state index < -0.39 is 0 Å². The Morgan fingerprint density at radius 2 is 2.05 bits per heavy atom. The summed E-state index contributed by atoms with van der Waals surface area (Å²) in [6, 6.07) is 5.18. The van der Waals surface area contributed by atoms with Gasteiger partial charge in [0.2, 0.25) is 0 Å². The van der Waals surface area contributed by atoms with Crippen molar-refractivity contribution in [2.75, 3.05) is 32.7 Å². The summed E-state index contributed by atoms with van der Waals surface area (Å²) in [4.78, 5) is 5.22. The number of hydrogen-bond acceptors (Lipinski definition) is 4. The van der Waals surface area contributed by atoms with Crippen LogP contribution in [0.15, 0.2) is 16.5 Å². The highest BCUT2D eigenvalue weighted by Gasteiger charge is 2.33. The van der Waals surface area contributed by atoms with Gasteiger partial charge in [-0.2, -0.15) is 0 Å². The van der Waals surface area contributed by atoms with Crippen LogP contribution in [0.4, 0.5) is 0 Å². The third-order valence-corrected chi connectivity index (χ3v) is 5.13. The lowest BCUT2D eigenvalue weighted by atomic mass is 10.1. The molecule has 4 heteroatoms. The number of rotatable bonds is 5. The van der Waals surface area contributed by atoms with Gasteiger partial charge in [-0.1, -0.05) is 13.3 Å². The van der Waals surface area contributed by atoms with Gasteiger partial charge in [0.15, 0.2) is 0 Å². The lowest BCUT2D eigenvalue weighted by Gasteiger charge is -2.33. The largest absolute Gasteiger partial charge is 0.464 e. The molecule has 0 aromatic carbocycles. The molecule has 1 aromatic rings. The van der Waals surface area contributed by atoms with Gasteiger partial charge in [-0.15, -0.1) is 0 Å². The average Bonchev–Trinajstić information content (AvgIpc) is 3.19. The second kappa shape index (κ2) is 6.95. The van der Waals surface area contributed by atoms with Gasteiger partial charge in [0, 0.05) is 32.1 Å². The summed E-state index contributed by atoms with van der Waals surface area (Å²) < 4.78 is 5.94. The van der Waals surface area contributed by atoms with Crippen LogP contribution >= 0.6 is 0 Å². The van der Waals surface area contributed by atoms with Gasteiger partial charge < -0.3 is 10.2 Å². The van der Waals surface area contributed by atoms with Crippen molar-refractivity contribution in [2.24, 2.45) is 5.73 Å². The van der Waals surface area contributed by atoms with Gasteiger partial charge in [-0.05, 0) is 44.5 Å². The Balaban J connectivity index is 1.62. The van der Waals surface area contributed by atoms with E-state index in [2.05, 4.69) is 28.9 Å². The summed E-state index contributed by atoms with van der Waals surface area (Å²) in [6.07, 6.45) is 6.37. The molecular formula is C17H29N3O. The molecule has 2 N–H and O–H groups in total. The predicted octanol–water partition coefficient (Wildman–Crippen LogP) is 2.40. The molecule has 0 amide bonds. The fraction of sp³-hybridized carbons (Fsp3) is 0.765. The van der Waals surface area contributed by atoms with E-state index in [-0.39, 0.29) is 6.04 Å². The van der Waals surface area contributed by atoms with Crippen molar-refractivity contribution in [1.82, 2.24) is 9.80 Å². The van der Waals surface area contributed by atoms with Gasteiger partial charge in [0.25, 0.3) is 0 Å². The van der Waals surface area contributed by atoms with Crippen LogP contribution in [0.25, 0.3) is 0 Å². The molecule has 2 atom stereocenters. The lowest BCUT2D eigenvalue weighted by molar-refractivity contribution is 0.147. The molecule has 3 rings (SSSR count). The molecule has 2 saturated heterocycles. The summed E-state index contributed by atoms with van der Waals surface area (Å²) >= 11 is 0. The number of nitrogens with two attached hydrogens (primary N) is 1. The first-order valence-electron chi connectivity index (χ1n) is 8.58. The van der Waals surface area contributed by atoms with Crippen LogP contribution in [0, 0.1) is 0 Å². The van der Waals surface area contributed by atoms with E-state index in [1.54, 1.807) is 0 Å². The zero-order chi connectivity index (χ0) is 14.7. The lowest BCUT2D eigenvalue weighted by Crippen LogP contribution is -2.41. The highest BCUT2D eigenvalue weighted by atomic mass is 16.3. The van der Waals surface area contributed by atoms with Crippen LogP contribution in [0.2, 0.25) is 0 Å². The van der Waals surface area contributed by atoms with E-state index in [1.165, 1.54) is 38.8 Å². The van der Waals surface area contributed by atoms with Gasteiger partial charge >= 0.3 is 0 Å². The first-order valence-corrected chi connectivity index (χ1v) is 8.58. The van der Waals surface area contributed by atoms with Gasteiger partial charge in [-0.3, -0.25) is 9.80 Å². The molecule has 1 aromatic heterocycles. The number of aryl methyl sites for hydroxylation is 1. The van der Waals surface area contributed by atoms with Crippen molar-refractivity contribution in [3.05, 3.63) is 23.7 Å². The van der Waals surface area contributed by atoms with Gasteiger partial charge in [0.05, 0.1) is 6.04 Å². The highest BCUT2D eigenvalue weighted by Crippen LogP contribution is 2.28. The van der Waals surface area contributed by atoms with Crippen molar-refractivity contribution in [2.45, 2.75) is 51.1 Å². The van der Waals surface area contributed by atoms with Gasteiger partial charge in [-0.25, -0.2) is 0 Å². The normalized spacial score (nSPS) is 26.3. The van der Waals surface area contributed by atoms with E-state index in [1.807, 2.05) is 0 Å². The average molecular weight is 291 g/mol. The number of nitrogens with zero attached hydrogens (tertiary/aromatic N) is 2. The van der Waals surface area contributed by atoms with Crippen molar-refractivity contribution < 1.29 is 4.42 Å². The maximum atomic E-state index is 6.04. The first kappa shape index (κ1) is 15.1. The van der Waals surface area contributed by atoms with Gasteiger partial charge in [0.1, 0.15) is 11.5 Å². The first-order chi connectivity index (χ1) is 10.3. The smallest absolute Gasteiger partial charge is 0.122 e. The maximum Gasteiger partial charge on any atom is 0.122 e. The molecule has 0 radical (unpaired) electrons. The molecule has 0 saturated carbocycles. The zero-order valence-corrected chi connectivity index (χ0v) is 13.3. The molecule has 21 heavy (non-hydrogen) atoms. The summed E-state index contributed by atoms with van der Waals surface area (Å²) in [5.74, 6) is 2.11. The minimum absolute atomic E-state index is 0.250. The molecule has 2 unspecified atom stereocenters. The highest BCUT2D eigenvalue weighted by molar-refractivity contribution is 5.12. The van der Waals surface area contributed by atoms with Crippen molar-refractivity contribution >= 4 is 0 Å². The Hall–Kier alpha value is -0.840. The van der Waals surface area contributed by atoms with Crippen LogP contribution in [-0.4, -0.2) is 48.6 Å². The quantitative estimate of drug-likeness (QED) is 0.905. The fourth-order valence-corrected chi connectivity index (χ4v) is 3.84. The van der Waals surface area contributed by atoms with E-state index >= 15 is 0 Å². The Labute approximate surface area is 128 Å². The molecule has 0 aliphatic carbocycles. The molecule has 2 fully saturated rings. The number of likely N-dealkylation sites (tertiary alicyclic amines) is 2. The summed E-state index contributed by atoms with van der Waals surface area (Å²) in [5.41, 5.74) is 6.04. The molecule has 0 spiro atoms. The molecule has 2 aliphatic heterocycles. The van der Waals surface area contributed by atoms with Crippen LogP contribution < -0.4 is 5.73 Å². The standard InChI is InChI=1S/C17H29N3O/c1-2-15-6-7-17(21-15)16(12-18)20-11-8-14(13-20)19-9-4-3-5-10-19/h6-7,14,16H,2-5,8-13,18H2,1H3. The zero-order valence-electron chi connectivity index (χ0n) is 13.3. The Morgan fingerprint density at radius 3 is 2.71 bits per heavy atom.